The van der Waals surface area contributed by atoms with Crippen LogP contribution in [0.25, 0.3) is 22.8 Å². The van der Waals surface area contributed by atoms with E-state index in [9.17, 15) is 0 Å². The minimum atomic E-state index is 0.674. The van der Waals surface area contributed by atoms with Crippen LogP contribution in [0.15, 0.2) is 167 Å². The molecule has 0 saturated heterocycles. The normalized spacial score (nSPS) is 15.0. The molecular formula is C40H34N4O2. The molecule has 0 saturated carbocycles. The molecule has 0 amide bonds. The molecule has 6 aromatic rings. The lowest BCUT2D eigenvalue weighted by molar-refractivity contribution is 0.336. The third-order valence-electron chi connectivity index (χ3n) is 8.62. The fraction of sp³-hybridized carbons (Fsp3) is 0.100. The Balaban J connectivity index is 1.21. The van der Waals surface area contributed by atoms with E-state index in [0.29, 0.717) is 13.3 Å². The van der Waals surface area contributed by atoms with Gasteiger partial charge in [-0.3, -0.25) is 9.80 Å². The number of anilines is 2. The standard InChI is InChI=1S/C40H34N4O2/c1-5-15-31(16-6-1)37-39(33-19-9-3-10-20-33)43(35-23-13-27-45-35)29-41(37)25-26-42-30-44(36-24-14-28-46-36)40(34-21-11-4-12-22-34)38(42)32-17-7-2-8-18-32/h1-24,27-28H,25-26,29-30H2. The van der Waals surface area contributed by atoms with Gasteiger partial charge in [-0.05, 0) is 12.1 Å². The number of rotatable bonds is 9. The van der Waals surface area contributed by atoms with Crippen molar-refractivity contribution in [3.05, 3.63) is 180 Å². The fourth-order valence-corrected chi connectivity index (χ4v) is 6.60. The van der Waals surface area contributed by atoms with Crippen LogP contribution in [0.2, 0.25) is 0 Å². The molecule has 0 fully saturated rings. The highest BCUT2D eigenvalue weighted by Crippen LogP contribution is 2.43. The van der Waals surface area contributed by atoms with Crippen molar-refractivity contribution in [2.45, 2.75) is 0 Å². The lowest BCUT2D eigenvalue weighted by atomic mass is 10.0. The van der Waals surface area contributed by atoms with E-state index in [0.717, 1.165) is 47.4 Å². The van der Waals surface area contributed by atoms with Crippen molar-refractivity contribution >= 4 is 34.6 Å². The van der Waals surface area contributed by atoms with Crippen molar-refractivity contribution in [1.29, 1.82) is 0 Å². The maximum absolute atomic E-state index is 6.00. The maximum atomic E-state index is 6.00. The molecule has 0 N–H and O–H groups in total. The van der Waals surface area contributed by atoms with Crippen LogP contribution in [0, 0.1) is 0 Å². The average molecular weight is 603 g/mol. The van der Waals surface area contributed by atoms with Gasteiger partial charge >= 0.3 is 0 Å². The van der Waals surface area contributed by atoms with E-state index >= 15 is 0 Å². The second kappa shape index (κ2) is 12.3. The van der Waals surface area contributed by atoms with Crippen LogP contribution < -0.4 is 9.80 Å². The summed E-state index contributed by atoms with van der Waals surface area (Å²) in [4.78, 5) is 9.56. The van der Waals surface area contributed by atoms with Crippen LogP contribution in [-0.4, -0.2) is 36.2 Å². The molecule has 6 heteroatoms. The number of benzene rings is 4. The average Bonchev–Trinajstić information content (AvgIpc) is 3.95. The largest absolute Gasteiger partial charge is 0.448 e. The van der Waals surface area contributed by atoms with Gasteiger partial charge < -0.3 is 18.6 Å². The summed E-state index contributed by atoms with van der Waals surface area (Å²) in [5.41, 5.74) is 9.34. The molecule has 2 aromatic heterocycles. The van der Waals surface area contributed by atoms with Crippen molar-refractivity contribution in [3.8, 4) is 0 Å². The van der Waals surface area contributed by atoms with Crippen LogP contribution in [0.5, 0.6) is 0 Å². The Kier molecular flexibility index (Phi) is 7.36. The molecule has 0 spiro atoms. The monoisotopic (exact) mass is 602 g/mol. The van der Waals surface area contributed by atoms with E-state index in [4.69, 9.17) is 8.83 Å². The molecule has 0 radical (unpaired) electrons. The van der Waals surface area contributed by atoms with E-state index in [2.05, 4.69) is 141 Å². The van der Waals surface area contributed by atoms with Gasteiger partial charge in [0.05, 0.1) is 48.7 Å². The third kappa shape index (κ3) is 5.14. The smallest absolute Gasteiger partial charge is 0.201 e. The lowest BCUT2D eigenvalue weighted by Crippen LogP contribution is -2.36. The third-order valence-corrected chi connectivity index (χ3v) is 8.62. The predicted molar refractivity (Wildman–Crippen MR) is 185 cm³/mol. The predicted octanol–water partition coefficient (Wildman–Crippen LogP) is 8.78. The van der Waals surface area contributed by atoms with E-state index < -0.39 is 0 Å². The number of hydrogen-bond acceptors (Lipinski definition) is 6. The summed E-state index contributed by atoms with van der Waals surface area (Å²) >= 11 is 0. The number of nitrogens with zero attached hydrogens (tertiary/aromatic N) is 4. The molecule has 2 aliphatic heterocycles. The summed E-state index contributed by atoms with van der Waals surface area (Å²) in [6.45, 7) is 2.94. The summed E-state index contributed by atoms with van der Waals surface area (Å²) in [5.74, 6) is 1.66. The highest BCUT2D eigenvalue weighted by molar-refractivity contribution is 5.99. The Hall–Kier alpha value is -5.88. The van der Waals surface area contributed by atoms with Gasteiger partial charge in [-0.1, -0.05) is 121 Å². The molecule has 4 heterocycles. The minimum Gasteiger partial charge on any atom is -0.448 e. The second-order valence-corrected chi connectivity index (χ2v) is 11.4. The van der Waals surface area contributed by atoms with E-state index in [1.807, 2.05) is 24.3 Å². The van der Waals surface area contributed by atoms with Gasteiger partial charge in [0, 0.05) is 47.5 Å². The zero-order chi connectivity index (χ0) is 30.7. The summed E-state index contributed by atoms with van der Waals surface area (Å²) < 4.78 is 12.0. The quantitative estimate of drug-likeness (QED) is 0.165. The Labute approximate surface area is 269 Å². The van der Waals surface area contributed by atoms with Crippen molar-refractivity contribution < 1.29 is 8.83 Å². The number of furan rings is 2. The summed E-state index contributed by atoms with van der Waals surface area (Å²) in [6.07, 6.45) is 3.50. The highest BCUT2D eigenvalue weighted by Gasteiger charge is 2.36. The SMILES string of the molecule is c1ccc(C2=C(c3ccccc3)N(c3ccco3)CN2CCN2CN(c3ccco3)C(c3ccccc3)=C2c2ccccc2)cc1. The van der Waals surface area contributed by atoms with Gasteiger partial charge in [0.2, 0.25) is 11.8 Å². The first-order valence-corrected chi connectivity index (χ1v) is 15.7. The van der Waals surface area contributed by atoms with E-state index in [-0.39, 0.29) is 0 Å². The van der Waals surface area contributed by atoms with Gasteiger partial charge in [-0.15, -0.1) is 0 Å². The van der Waals surface area contributed by atoms with Crippen LogP contribution in [0.1, 0.15) is 22.3 Å². The zero-order valence-corrected chi connectivity index (χ0v) is 25.4. The summed E-state index contributed by atoms with van der Waals surface area (Å²) in [5, 5.41) is 0. The minimum absolute atomic E-state index is 0.674. The Bertz CT molecular complexity index is 1790. The van der Waals surface area contributed by atoms with Gasteiger partial charge in [-0.25, -0.2) is 0 Å². The Morgan fingerprint density at radius 1 is 0.370 bits per heavy atom. The Morgan fingerprint density at radius 3 is 1.00 bits per heavy atom. The molecular weight excluding hydrogens is 568 g/mol. The van der Waals surface area contributed by atoms with Crippen molar-refractivity contribution in [2.75, 3.05) is 36.2 Å². The number of hydrogen-bond donors (Lipinski definition) is 0. The molecule has 46 heavy (non-hydrogen) atoms. The second-order valence-electron chi connectivity index (χ2n) is 11.4. The Morgan fingerprint density at radius 2 is 0.696 bits per heavy atom. The first kappa shape index (κ1) is 27.7. The molecule has 0 bridgehead atoms. The first-order chi connectivity index (χ1) is 22.8. The van der Waals surface area contributed by atoms with Crippen LogP contribution in [0.4, 0.5) is 11.8 Å². The van der Waals surface area contributed by atoms with Crippen LogP contribution in [0.3, 0.4) is 0 Å². The van der Waals surface area contributed by atoms with Crippen LogP contribution in [-0.2, 0) is 0 Å². The van der Waals surface area contributed by atoms with Crippen molar-refractivity contribution in [3.63, 3.8) is 0 Å². The van der Waals surface area contributed by atoms with Crippen LogP contribution >= 0.6 is 0 Å². The summed E-state index contributed by atoms with van der Waals surface area (Å²) in [7, 11) is 0. The van der Waals surface area contributed by atoms with Crippen molar-refractivity contribution in [1.82, 2.24) is 9.80 Å². The first-order valence-electron chi connectivity index (χ1n) is 15.7. The highest BCUT2D eigenvalue weighted by atomic mass is 16.3. The zero-order valence-electron chi connectivity index (χ0n) is 25.4. The maximum Gasteiger partial charge on any atom is 0.201 e. The van der Waals surface area contributed by atoms with Gasteiger partial charge in [0.25, 0.3) is 0 Å². The summed E-state index contributed by atoms with van der Waals surface area (Å²) in [6, 6.07) is 50.7. The van der Waals surface area contributed by atoms with E-state index in [1.165, 1.54) is 22.5 Å². The molecule has 8 rings (SSSR count). The molecule has 226 valence electrons. The molecule has 4 aromatic carbocycles. The fourth-order valence-electron chi connectivity index (χ4n) is 6.60. The molecule has 0 atom stereocenters. The van der Waals surface area contributed by atoms with Gasteiger partial charge in [0.15, 0.2) is 0 Å². The lowest BCUT2D eigenvalue weighted by Gasteiger charge is -2.28. The molecule has 6 nitrogen and oxygen atoms in total. The van der Waals surface area contributed by atoms with Gasteiger partial charge in [-0.2, -0.15) is 0 Å². The molecule has 0 aliphatic carbocycles. The molecule has 0 unspecified atom stereocenters. The van der Waals surface area contributed by atoms with Crippen molar-refractivity contribution in [2.24, 2.45) is 0 Å². The molecule has 2 aliphatic rings. The van der Waals surface area contributed by atoms with E-state index in [1.54, 1.807) is 12.5 Å². The topological polar surface area (TPSA) is 39.2 Å². The van der Waals surface area contributed by atoms with Gasteiger partial charge in [0.1, 0.15) is 0 Å².